The summed E-state index contributed by atoms with van der Waals surface area (Å²) in [6.07, 6.45) is 3.82. The Balaban J connectivity index is 1.41. The van der Waals surface area contributed by atoms with Gasteiger partial charge < -0.3 is 10.2 Å². The minimum atomic E-state index is 0.399. The summed E-state index contributed by atoms with van der Waals surface area (Å²) in [6.45, 7) is 4.32. The Bertz CT molecular complexity index is 308. The summed E-state index contributed by atoms with van der Waals surface area (Å²) in [5.74, 6) is 4.24. The van der Waals surface area contributed by atoms with Gasteiger partial charge in [-0.3, -0.25) is 4.79 Å². The maximum atomic E-state index is 12.4. The Morgan fingerprint density at radius 1 is 0.938 bits per heavy atom. The van der Waals surface area contributed by atoms with Gasteiger partial charge in [0, 0.05) is 32.1 Å². The third-order valence-electron chi connectivity index (χ3n) is 5.29. The Morgan fingerprint density at radius 2 is 1.56 bits per heavy atom. The lowest BCUT2D eigenvalue weighted by Crippen LogP contribution is -2.36. The zero-order valence-electron chi connectivity index (χ0n) is 9.69. The zero-order chi connectivity index (χ0) is 10.7. The van der Waals surface area contributed by atoms with E-state index in [9.17, 15) is 4.79 Å². The van der Waals surface area contributed by atoms with Crippen LogP contribution in [0.5, 0.6) is 0 Å². The number of hydrogen-bond donors (Lipinski definition) is 1. The largest absolute Gasteiger partial charge is 0.342 e. The molecular weight excluding hydrogens is 200 g/mol. The van der Waals surface area contributed by atoms with Crippen molar-refractivity contribution < 1.29 is 4.79 Å². The fraction of sp³-hybridized carbons (Fsp3) is 0.923. The number of nitrogens with zero attached hydrogens (tertiary/aromatic N) is 1. The van der Waals surface area contributed by atoms with Crippen LogP contribution in [0.1, 0.15) is 19.3 Å². The molecule has 0 aromatic carbocycles. The highest BCUT2D eigenvalue weighted by molar-refractivity contribution is 5.79. The molecule has 2 saturated carbocycles. The van der Waals surface area contributed by atoms with E-state index >= 15 is 0 Å². The lowest BCUT2D eigenvalue weighted by atomic mass is 10.0. The number of fused-ring (bicyclic) bond motifs is 2. The molecule has 0 aromatic heterocycles. The molecule has 1 amide bonds. The summed E-state index contributed by atoms with van der Waals surface area (Å²) < 4.78 is 0. The second kappa shape index (κ2) is 3.22. The van der Waals surface area contributed by atoms with Crippen LogP contribution in [0.15, 0.2) is 0 Å². The van der Waals surface area contributed by atoms with Crippen LogP contribution in [0.2, 0.25) is 0 Å². The number of likely N-dealkylation sites (tertiary alicyclic amines) is 1. The standard InChI is InChI=1S/C13H20N2O/c16-13(10-2-8-1-9(8)3-10)15-6-11-4-14-5-12(11)7-15/h8-12,14H,1-7H2/t8?,9?,10?,11-,12+. The van der Waals surface area contributed by atoms with Gasteiger partial charge in [-0.05, 0) is 42.9 Å². The third-order valence-corrected chi connectivity index (χ3v) is 5.29. The van der Waals surface area contributed by atoms with Gasteiger partial charge in [-0.2, -0.15) is 0 Å². The van der Waals surface area contributed by atoms with Gasteiger partial charge in [-0.1, -0.05) is 0 Å². The average Bonchev–Trinajstić information content (AvgIpc) is 2.73. The number of carbonyl (C=O) groups excluding carboxylic acids is 1. The molecule has 0 aromatic rings. The zero-order valence-corrected chi connectivity index (χ0v) is 9.69. The average molecular weight is 220 g/mol. The van der Waals surface area contributed by atoms with Crippen LogP contribution in [0, 0.1) is 29.6 Å². The van der Waals surface area contributed by atoms with Crippen molar-refractivity contribution in [3.8, 4) is 0 Å². The monoisotopic (exact) mass is 220 g/mol. The van der Waals surface area contributed by atoms with E-state index in [4.69, 9.17) is 0 Å². The van der Waals surface area contributed by atoms with Gasteiger partial charge >= 0.3 is 0 Å². The van der Waals surface area contributed by atoms with Crippen LogP contribution in [0.25, 0.3) is 0 Å². The first-order valence-corrected chi connectivity index (χ1v) is 6.81. The molecular formula is C13H20N2O. The van der Waals surface area contributed by atoms with Crippen LogP contribution in [0.3, 0.4) is 0 Å². The Morgan fingerprint density at radius 3 is 2.19 bits per heavy atom. The fourth-order valence-electron chi connectivity index (χ4n) is 4.21. The molecule has 16 heavy (non-hydrogen) atoms. The van der Waals surface area contributed by atoms with Crippen molar-refractivity contribution in [2.24, 2.45) is 29.6 Å². The molecule has 4 atom stereocenters. The van der Waals surface area contributed by atoms with Crippen molar-refractivity contribution in [1.82, 2.24) is 10.2 Å². The molecule has 0 bridgehead atoms. The van der Waals surface area contributed by atoms with Gasteiger partial charge in [-0.15, -0.1) is 0 Å². The molecule has 0 spiro atoms. The molecule has 2 aliphatic carbocycles. The predicted molar refractivity (Wildman–Crippen MR) is 60.8 cm³/mol. The van der Waals surface area contributed by atoms with E-state index in [0.717, 1.165) is 49.9 Å². The van der Waals surface area contributed by atoms with Gasteiger partial charge in [0.25, 0.3) is 0 Å². The van der Waals surface area contributed by atoms with Gasteiger partial charge in [0.2, 0.25) is 5.91 Å². The van der Waals surface area contributed by atoms with E-state index in [1.807, 2.05) is 0 Å². The summed E-state index contributed by atoms with van der Waals surface area (Å²) in [5, 5.41) is 3.43. The molecule has 2 saturated heterocycles. The molecule has 1 N–H and O–H groups in total. The Kier molecular flexibility index (Phi) is 1.90. The SMILES string of the molecule is O=C(C1CC2CC2C1)N1C[C@H]2CNC[C@H]2C1. The molecule has 2 heterocycles. The van der Waals surface area contributed by atoms with Crippen LogP contribution in [-0.2, 0) is 4.79 Å². The van der Waals surface area contributed by atoms with Crippen LogP contribution in [0.4, 0.5) is 0 Å². The van der Waals surface area contributed by atoms with Crippen LogP contribution >= 0.6 is 0 Å². The molecule has 2 aliphatic heterocycles. The minimum absolute atomic E-state index is 0.399. The van der Waals surface area contributed by atoms with Crippen molar-refractivity contribution in [2.45, 2.75) is 19.3 Å². The van der Waals surface area contributed by atoms with Crippen molar-refractivity contribution in [1.29, 1.82) is 0 Å². The van der Waals surface area contributed by atoms with Crippen LogP contribution < -0.4 is 5.32 Å². The molecule has 4 fully saturated rings. The molecule has 2 unspecified atom stereocenters. The highest BCUT2D eigenvalue weighted by atomic mass is 16.2. The van der Waals surface area contributed by atoms with Crippen molar-refractivity contribution in [3.63, 3.8) is 0 Å². The van der Waals surface area contributed by atoms with E-state index in [1.165, 1.54) is 19.3 Å². The first-order chi connectivity index (χ1) is 7.81. The number of rotatable bonds is 1. The highest BCUT2D eigenvalue weighted by Gasteiger charge is 2.50. The second-order valence-electron chi connectivity index (χ2n) is 6.35. The summed E-state index contributed by atoms with van der Waals surface area (Å²) in [5.41, 5.74) is 0. The van der Waals surface area contributed by atoms with E-state index in [1.54, 1.807) is 0 Å². The highest BCUT2D eigenvalue weighted by Crippen LogP contribution is 2.54. The first kappa shape index (κ1) is 9.46. The smallest absolute Gasteiger partial charge is 0.225 e. The van der Waals surface area contributed by atoms with Crippen LogP contribution in [-0.4, -0.2) is 37.0 Å². The molecule has 4 rings (SSSR count). The van der Waals surface area contributed by atoms with Gasteiger partial charge in [0.05, 0.1) is 0 Å². The molecule has 88 valence electrons. The van der Waals surface area contributed by atoms with Crippen molar-refractivity contribution in [2.75, 3.05) is 26.2 Å². The summed E-state index contributed by atoms with van der Waals surface area (Å²) in [6, 6.07) is 0. The Hall–Kier alpha value is -0.570. The Labute approximate surface area is 96.6 Å². The molecule has 3 nitrogen and oxygen atoms in total. The summed E-state index contributed by atoms with van der Waals surface area (Å²) in [4.78, 5) is 14.5. The minimum Gasteiger partial charge on any atom is -0.342 e. The molecule has 4 aliphatic rings. The van der Waals surface area contributed by atoms with Gasteiger partial charge in [0.15, 0.2) is 0 Å². The number of amides is 1. The lowest BCUT2D eigenvalue weighted by molar-refractivity contribution is -0.134. The first-order valence-electron chi connectivity index (χ1n) is 6.81. The predicted octanol–water partition coefficient (Wildman–Crippen LogP) is 0.710. The topological polar surface area (TPSA) is 32.3 Å². The summed E-state index contributed by atoms with van der Waals surface area (Å²) >= 11 is 0. The van der Waals surface area contributed by atoms with Gasteiger partial charge in [-0.25, -0.2) is 0 Å². The normalized spacial score (nSPS) is 49.2. The van der Waals surface area contributed by atoms with Gasteiger partial charge in [0.1, 0.15) is 0 Å². The van der Waals surface area contributed by atoms with Crippen molar-refractivity contribution >= 4 is 5.91 Å². The van der Waals surface area contributed by atoms with E-state index in [0.29, 0.717) is 11.8 Å². The number of hydrogen-bond acceptors (Lipinski definition) is 2. The number of nitrogens with one attached hydrogen (secondary N) is 1. The lowest BCUT2D eigenvalue weighted by Gasteiger charge is -2.22. The van der Waals surface area contributed by atoms with Crippen molar-refractivity contribution in [3.05, 3.63) is 0 Å². The third kappa shape index (κ3) is 1.33. The van der Waals surface area contributed by atoms with E-state index in [-0.39, 0.29) is 0 Å². The quantitative estimate of drug-likeness (QED) is 0.706. The molecule has 0 radical (unpaired) electrons. The van der Waals surface area contributed by atoms with E-state index in [2.05, 4.69) is 10.2 Å². The fourth-order valence-corrected chi connectivity index (χ4v) is 4.21. The maximum absolute atomic E-state index is 12.4. The van der Waals surface area contributed by atoms with E-state index < -0.39 is 0 Å². The molecule has 3 heteroatoms. The maximum Gasteiger partial charge on any atom is 0.225 e. The number of carbonyl (C=O) groups is 1. The second-order valence-corrected chi connectivity index (χ2v) is 6.35. The summed E-state index contributed by atoms with van der Waals surface area (Å²) in [7, 11) is 0.